The van der Waals surface area contributed by atoms with Crippen LogP contribution < -0.4 is 30.3 Å². The van der Waals surface area contributed by atoms with Crippen LogP contribution in [0.15, 0.2) is 36.4 Å². The standard InChI is InChI=1S/C25H31ClN6O2S/c1-32(2)23-17-7-5-6-8-19(17)29-24(31-23)27-15-9-11-16(12-10-15)28-25(35)30-20-13-18(26)21(33-3)14-22(20)34-4/h5-8,13-16H,9-12H2,1-4H3,(H,27,29,31)(H2,28,30,35)/t15-,16+. The third kappa shape index (κ3) is 5.97. The van der Waals surface area contributed by atoms with Crippen LogP contribution in [0.2, 0.25) is 5.02 Å². The van der Waals surface area contributed by atoms with Crippen LogP contribution >= 0.6 is 23.8 Å². The molecule has 186 valence electrons. The van der Waals surface area contributed by atoms with Gasteiger partial charge in [0.2, 0.25) is 5.95 Å². The molecule has 0 aliphatic heterocycles. The topological polar surface area (TPSA) is 83.6 Å². The fraction of sp³-hybridized carbons (Fsp3) is 0.400. The number of anilines is 3. The van der Waals surface area contributed by atoms with Crippen molar-refractivity contribution in [1.82, 2.24) is 15.3 Å². The zero-order chi connectivity index (χ0) is 24.9. The minimum Gasteiger partial charge on any atom is -0.495 e. The van der Waals surface area contributed by atoms with Crippen LogP contribution in [0.4, 0.5) is 17.5 Å². The molecule has 0 unspecified atom stereocenters. The summed E-state index contributed by atoms with van der Waals surface area (Å²) < 4.78 is 10.7. The van der Waals surface area contributed by atoms with E-state index >= 15 is 0 Å². The number of aromatic nitrogens is 2. The fourth-order valence-electron chi connectivity index (χ4n) is 4.33. The number of benzene rings is 2. The van der Waals surface area contributed by atoms with Gasteiger partial charge in [-0.3, -0.25) is 0 Å². The van der Waals surface area contributed by atoms with E-state index in [1.165, 1.54) is 0 Å². The van der Waals surface area contributed by atoms with Crippen molar-refractivity contribution in [1.29, 1.82) is 0 Å². The molecule has 35 heavy (non-hydrogen) atoms. The zero-order valence-electron chi connectivity index (χ0n) is 20.4. The second-order valence-electron chi connectivity index (χ2n) is 8.76. The number of para-hydroxylation sites is 1. The second-order valence-corrected chi connectivity index (χ2v) is 9.58. The van der Waals surface area contributed by atoms with Crippen molar-refractivity contribution >= 4 is 57.3 Å². The summed E-state index contributed by atoms with van der Waals surface area (Å²) in [6.45, 7) is 0. The predicted octanol–water partition coefficient (Wildman–Crippen LogP) is 5.08. The van der Waals surface area contributed by atoms with Gasteiger partial charge in [-0.25, -0.2) is 4.98 Å². The first-order valence-corrected chi connectivity index (χ1v) is 12.4. The minimum atomic E-state index is 0.280. The fourth-order valence-corrected chi connectivity index (χ4v) is 4.85. The van der Waals surface area contributed by atoms with Crippen LogP contribution in [0.25, 0.3) is 10.9 Å². The number of nitrogens with zero attached hydrogens (tertiary/aromatic N) is 3. The molecule has 0 spiro atoms. The molecule has 1 saturated carbocycles. The molecule has 0 amide bonds. The quantitative estimate of drug-likeness (QED) is 0.374. The summed E-state index contributed by atoms with van der Waals surface area (Å²) in [6, 6.07) is 12.2. The average Bonchev–Trinajstić information content (AvgIpc) is 2.85. The van der Waals surface area contributed by atoms with Crippen molar-refractivity contribution in [2.45, 2.75) is 37.8 Å². The van der Waals surface area contributed by atoms with Crippen LogP contribution in [0.5, 0.6) is 11.5 Å². The normalized spacial score (nSPS) is 17.5. The molecule has 1 aliphatic carbocycles. The Hall–Kier alpha value is -3.04. The predicted molar refractivity (Wildman–Crippen MR) is 147 cm³/mol. The second kappa shape index (κ2) is 11.1. The van der Waals surface area contributed by atoms with Gasteiger partial charge in [0, 0.05) is 37.6 Å². The monoisotopic (exact) mass is 514 g/mol. The maximum Gasteiger partial charge on any atom is 0.225 e. The van der Waals surface area contributed by atoms with Gasteiger partial charge in [-0.2, -0.15) is 4.98 Å². The highest BCUT2D eigenvalue weighted by atomic mass is 35.5. The molecule has 10 heteroatoms. The number of methoxy groups -OCH3 is 2. The third-order valence-corrected chi connectivity index (χ3v) is 6.64. The molecular weight excluding hydrogens is 484 g/mol. The molecule has 4 rings (SSSR count). The smallest absolute Gasteiger partial charge is 0.225 e. The maximum absolute atomic E-state index is 6.27. The van der Waals surface area contributed by atoms with Gasteiger partial charge in [-0.1, -0.05) is 23.7 Å². The van der Waals surface area contributed by atoms with Crippen LogP contribution in [0.3, 0.4) is 0 Å². The largest absolute Gasteiger partial charge is 0.495 e. The Morgan fingerprint density at radius 2 is 1.69 bits per heavy atom. The van der Waals surface area contributed by atoms with E-state index < -0.39 is 0 Å². The molecule has 0 saturated heterocycles. The van der Waals surface area contributed by atoms with E-state index in [1.807, 2.05) is 37.2 Å². The summed E-state index contributed by atoms with van der Waals surface area (Å²) in [5.41, 5.74) is 1.63. The van der Waals surface area contributed by atoms with E-state index in [1.54, 1.807) is 26.4 Å². The summed E-state index contributed by atoms with van der Waals surface area (Å²) in [5.74, 6) is 2.74. The summed E-state index contributed by atoms with van der Waals surface area (Å²) in [6.07, 6.45) is 3.94. The van der Waals surface area contributed by atoms with Gasteiger partial charge in [-0.15, -0.1) is 0 Å². The summed E-state index contributed by atoms with van der Waals surface area (Å²) in [4.78, 5) is 11.5. The van der Waals surface area contributed by atoms with Crippen LogP contribution in [-0.2, 0) is 0 Å². The van der Waals surface area contributed by atoms with Gasteiger partial charge in [0.25, 0.3) is 0 Å². The van der Waals surface area contributed by atoms with Gasteiger partial charge in [-0.05, 0) is 56.1 Å². The molecule has 8 nitrogen and oxygen atoms in total. The summed E-state index contributed by atoms with van der Waals surface area (Å²) in [7, 11) is 7.17. The maximum atomic E-state index is 6.27. The molecule has 0 bridgehead atoms. The van der Waals surface area contributed by atoms with Crippen molar-refractivity contribution in [3.8, 4) is 11.5 Å². The number of halogens is 1. The third-order valence-electron chi connectivity index (χ3n) is 6.12. The van der Waals surface area contributed by atoms with Crippen molar-refractivity contribution in [2.24, 2.45) is 0 Å². The van der Waals surface area contributed by atoms with Crippen molar-refractivity contribution in [3.63, 3.8) is 0 Å². The van der Waals surface area contributed by atoms with E-state index in [4.69, 9.17) is 43.3 Å². The number of ether oxygens (including phenoxy) is 2. The number of thiocarbonyl (C=S) groups is 1. The lowest BCUT2D eigenvalue weighted by atomic mass is 9.91. The lowest BCUT2D eigenvalue weighted by molar-refractivity contribution is 0.387. The number of hydrogen-bond donors (Lipinski definition) is 3. The molecule has 3 N–H and O–H groups in total. The number of fused-ring (bicyclic) bond motifs is 1. The van der Waals surface area contributed by atoms with E-state index in [-0.39, 0.29) is 6.04 Å². The molecule has 3 aromatic rings. The molecule has 1 aromatic heterocycles. The van der Waals surface area contributed by atoms with E-state index in [0.29, 0.717) is 39.3 Å². The Morgan fingerprint density at radius 3 is 2.37 bits per heavy atom. The molecule has 1 fully saturated rings. The zero-order valence-corrected chi connectivity index (χ0v) is 22.0. The van der Waals surface area contributed by atoms with Crippen molar-refractivity contribution in [3.05, 3.63) is 41.4 Å². The van der Waals surface area contributed by atoms with Crippen molar-refractivity contribution < 1.29 is 9.47 Å². The molecule has 2 aromatic carbocycles. The highest BCUT2D eigenvalue weighted by Crippen LogP contribution is 2.36. The molecule has 1 aliphatic rings. The Kier molecular flexibility index (Phi) is 7.97. The van der Waals surface area contributed by atoms with Gasteiger partial charge in [0.15, 0.2) is 5.11 Å². The first-order valence-electron chi connectivity index (χ1n) is 11.6. The molecule has 1 heterocycles. The van der Waals surface area contributed by atoms with Crippen molar-refractivity contribution in [2.75, 3.05) is 43.8 Å². The molecular formula is C25H31ClN6O2S. The number of hydrogen-bond acceptors (Lipinski definition) is 7. The number of rotatable bonds is 7. The SMILES string of the molecule is COc1cc(OC)c(NC(=S)N[C@H]2CC[C@@H](Nc3nc(N(C)C)c4ccccc4n3)CC2)cc1Cl. The van der Waals surface area contributed by atoms with Gasteiger partial charge in [0.1, 0.15) is 17.3 Å². The Bertz CT molecular complexity index is 1200. The van der Waals surface area contributed by atoms with Gasteiger partial charge >= 0.3 is 0 Å². The van der Waals surface area contributed by atoms with Crippen LogP contribution in [-0.4, -0.2) is 55.5 Å². The van der Waals surface area contributed by atoms with E-state index in [0.717, 1.165) is 42.4 Å². The summed E-state index contributed by atoms with van der Waals surface area (Å²) in [5, 5.41) is 12.2. The van der Waals surface area contributed by atoms with Crippen LogP contribution in [0.1, 0.15) is 25.7 Å². The van der Waals surface area contributed by atoms with E-state index in [2.05, 4.69) is 22.0 Å². The first-order chi connectivity index (χ1) is 16.9. The average molecular weight is 515 g/mol. The lowest BCUT2D eigenvalue weighted by Crippen LogP contribution is -2.42. The van der Waals surface area contributed by atoms with Gasteiger partial charge < -0.3 is 30.3 Å². The highest BCUT2D eigenvalue weighted by Gasteiger charge is 2.23. The Balaban J connectivity index is 1.33. The first kappa shape index (κ1) is 25.1. The molecule has 0 radical (unpaired) electrons. The number of nitrogens with one attached hydrogen (secondary N) is 3. The van der Waals surface area contributed by atoms with Gasteiger partial charge in [0.05, 0.1) is 30.4 Å². The Morgan fingerprint density at radius 1 is 1.00 bits per heavy atom. The summed E-state index contributed by atoms with van der Waals surface area (Å²) >= 11 is 11.8. The minimum absolute atomic E-state index is 0.280. The highest BCUT2D eigenvalue weighted by molar-refractivity contribution is 7.80. The lowest BCUT2D eigenvalue weighted by Gasteiger charge is -2.30. The van der Waals surface area contributed by atoms with Crippen LogP contribution in [0, 0.1) is 0 Å². The molecule has 0 atom stereocenters. The van der Waals surface area contributed by atoms with E-state index in [9.17, 15) is 0 Å². The Labute approximate surface area is 216 Å².